The summed E-state index contributed by atoms with van der Waals surface area (Å²) >= 11 is 3.56. The summed E-state index contributed by atoms with van der Waals surface area (Å²) in [5.41, 5.74) is 7.28. The highest BCUT2D eigenvalue weighted by Gasteiger charge is 2.31. The van der Waals surface area contributed by atoms with Crippen molar-refractivity contribution >= 4 is 27.5 Å². The summed E-state index contributed by atoms with van der Waals surface area (Å²) in [5, 5.41) is 11.7. The number of nitrogens with zero attached hydrogens (tertiary/aromatic N) is 2. The Hall–Kier alpha value is -1.27. The predicted octanol–water partition coefficient (Wildman–Crippen LogP) is 2.55. The minimum Gasteiger partial charge on any atom is -0.409 e. The van der Waals surface area contributed by atoms with Crippen molar-refractivity contribution in [1.29, 1.82) is 0 Å². The molecule has 0 amide bonds. The standard InChI is InChI=1S/C14H20BrN3O2/c1-14(20-2)6-3-7-18(9-14)12-5-4-10(8-11(12)15)13(16)17-19/h4-5,8,19H,3,6-7,9H2,1-2H3,(H2,16,17). The molecule has 1 aromatic carbocycles. The SMILES string of the molecule is COC1(C)CCCN(c2ccc(/C(N)=N/O)cc2Br)C1. The molecular weight excluding hydrogens is 322 g/mol. The minimum atomic E-state index is -0.109. The molecule has 3 N–H and O–H groups in total. The second-order valence-corrected chi connectivity index (χ2v) is 6.18. The number of nitrogens with two attached hydrogens (primary N) is 1. The summed E-state index contributed by atoms with van der Waals surface area (Å²) in [7, 11) is 1.76. The van der Waals surface area contributed by atoms with E-state index in [9.17, 15) is 0 Å². The number of hydrogen-bond donors (Lipinski definition) is 2. The van der Waals surface area contributed by atoms with Gasteiger partial charge in [0.25, 0.3) is 0 Å². The summed E-state index contributed by atoms with van der Waals surface area (Å²) in [6, 6.07) is 5.70. The summed E-state index contributed by atoms with van der Waals surface area (Å²) < 4.78 is 6.55. The van der Waals surface area contributed by atoms with Crippen LogP contribution in [-0.4, -0.2) is 36.8 Å². The molecule has 2 rings (SSSR count). The first-order valence-corrected chi connectivity index (χ1v) is 7.36. The van der Waals surface area contributed by atoms with Crippen molar-refractivity contribution < 1.29 is 9.94 Å². The van der Waals surface area contributed by atoms with Crippen LogP contribution in [-0.2, 0) is 4.74 Å². The number of ether oxygens (including phenoxy) is 1. The molecule has 0 saturated carbocycles. The number of anilines is 1. The van der Waals surface area contributed by atoms with Gasteiger partial charge >= 0.3 is 0 Å². The lowest BCUT2D eigenvalue weighted by atomic mass is 9.94. The molecular formula is C14H20BrN3O2. The summed E-state index contributed by atoms with van der Waals surface area (Å²) in [6.07, 6.45) is 2.17. The van der Waals surface area contributed by atoms with Crippen molar-refractivity contribution in [3.8, 4) is 0 Å². The third-order valence-corrected chi connectivity index (χ3v) is 4.48. The van der Waals surface area contributed by atoms with Gasteiger partial charge in [-0.05, 0) is 53.9 Å². The quantitative estimate of drug-likeness (QED) is 0.383. The Labute approximate surface area is 127 Å². The zero-order valence-electron chi connectivity index (χ0n) is 11.8. The molecule has 0 bridgehead atoms. The van der Waals surface area contributed by atoms with E-state index in [0.29, 0.717) is 5.56 Å². The highest BCUT2D eigenvalue weighted by Crippen LogP contribution is 2.33. The molecule has 0 spiro atoms. The lowest BCUT2D eigenvalue weighted by molar-refractivity contribution is -0.00467. The highest BCUT2D eigenvalue weighted by atomic mass is 79.9. The van der Waals surface area contributed by atoms with Gasteiger partial charge < -0.3 is 20.6 Å². The van der Waals surface area contributed by atoms with Gasteiger partial charge in [0.05, 0.1) is 11.3 Å². The Bertz CT molecular complexity index is 521. The number of piperidine rings is 1. The van der Waals surface area contributed by atoms with Crippen LogP contribution in [0.4, 0.5) is 5.69 Å². The Morgan fingerprint density at radius 1 is 1.55 bits per heavy atom. The Balaban J connectivity index is 2.25. The molecule has 1 aromatic rings. The average molecular weight is 342 g/mol. The third-order valence-electron chi connectivity index (χ3n) is 3.84. The summed E-state index contributed by atoms with van der Waals surface area (Å²) in [4.78, 5) is 2.30. The van der Waals surface area contributed by atoms with E-state index in [2.05, 4.69) is 32.9 Å². The van der Waals surface area contributed by atoms with Crippen LogP contribution in [0.5, 0.6) is 0 Å². The lowest BCUT2D eigenvalue weighted by Gasteiger charge is -2.41. The first-order chi connectivity index (χ1) is 9.49. The third kappa shape index (κ3) is 3.07. The molecule has 110 valence electrons. The number of oxime groups is 1. The van der Waals surface area contributed by atoms with E-state index in [0.717, 1.165) is 36.1 Å². The molecule has 6 heteroatoms. The number of benzene rings is 1. The number of rotatable bonds is 3. The van der Waals surface area contributed by atoms with Crippen LogP contribution in [0, 0.1) is 0 Å². The normalized spacial score (nSPS) is 23.9. The monoisotopic (exact) mass is 341 g/mol. The molecule has 1 fully saturated rings. The van der Waals surface area contributed by atoms with Crippen LogP contribution < -0.4 is 10.6 Å². The smallest absolute Gasteiger partial charge is 0.170 e. The van der Waals surface area contributed by atoms with Gasteiger partial charge in [0, 0.05) is 30.2 Å². The van der Waals surface area contributed by atoms with E-state index >= 15 is 0 Å². The zero-order chi connectivity index (χ0) is 14.8. The molecule has 0 radical (unpaired) electrons. The number of methoxy groups -OCH3 is 1. The zero-order valence-corrected chi connectivity index (χ0v) is 13.4. The van der Waals surface area contributed by atoms with Crippen LogP contribution in [0.25, 0.3) is 0 Å². The molecule has 1 aliphatic rings. The van der Waals surface area contributed by atoms with Crippen LogP contribution in [0.1, 0.15) is 25.3 Å². The van der Waals surface area contributed by atoms with Crippen LogP contribution in [0.2, 0.25) is 0 Å². The van der Waals surface area contributed by atoms with E-state index in [1.54, 1.807) is 7.11 Å². The van der Waals surface area contributed by atoms with E-state index < -0.39 is 0 Å². The van der Waals surface area contributed by atoms with Crippen LogP contribution >= 0.6 is 15.9 Å². The molecule has 1 atom stereocenters. The molecule has 5 nitrogen and oxygen atoms in total. The van der Waals surface area contributed by atoms with Crippen molar-refractivity contribution in [2.24, 2.45) is 10.9 Å². The lowest BCUT2D eigenvalue weighted by Crippen LogP contribution is -2.47. The first kappa shape index (κ1) is 15.1. The molecule has 0 aliphatic carbocycles. The predicted molar refractivity (Wildman–Crippen MR) is 83.5 cm³/mol. The van der Waals surface area contributed by atoms with Gasteiger partial charge in [0.15, 0.2) is 5.84 Å². The largest absolute Gasteiger partial charge is 0.409 e. The van der Waals surface area contributed by atoms with Crippen LogP contribution in [0.15, 0.2) is 27.8 Å². The fourth-order valence-corrected chi connectivity index (χ4v) is 3.19. The van der Waals surface area contributed by atoms with Crippen LogP contribution in [0.3, 0.4) is 0 Å². The van der Waals surface area contributed by atoms with Crippen molar-refractivity contribution in [2.45, 2.75) is 25.4 Å². The van der Waals surface area contributed by atoms with Gasteiger partial charge in [-0.25, -0.2) is 0 Å². The maximum Gasteiger partial charge on any atom is 0.170 e. The van der Waals surface area contributed by atoms with Gasteiger partial charge in [-0.3, -0.25) is 0 Å². The molecule has 1 unspecified atom stereocenters. The number of hydrogen-bond acceptors (Lipinski definition) is 4. The number of halogens is 1. The molecule has 1 aliphatic heterocycles. The second kappa shape index (κ2) is 6.01. The van der Waals surface area contributed by atoms with Crippen molar-refractivity contribution in [1.82, 2.24) is 0 Å². The highest BCUT2D eigenvalue weighted by molar-refractivity contribution is 9.10. The van der Waals surface area contributed by atoms with Gasteiger partial charge in [-0.1, -0.05) is 5.16 Å². The fraction of sp³-hybridized carbons (Fsp3) is 0.500. The van der Waals surface area contributed by atoms with Gasteiger partial charge in [0.1, 0.15) is 0 Å². The fourth-order valence-electron chi connectivity index (χ4n) is 2.56. The van der Waals surface area contributed by atoms with E-state index in [1.807, 2.05) is 18.2 Å². The Morgan fingerprint density at radius 3 is 2.90 bits per heavy atom. The van der Waals surface area contributed by atoms with E-state index in [4.69, 9.17) is 15.7 Å². The molecule has 0 aromatic heterocycles. The molecule has 20 heavy (non-hydrogen) atoms. The van der Waals surface area contributed by atoms with Crippen molar-refractivity contribution in [2.75, 3.05) is 25.1 Å². The topological polar surface area (TPSA) is 71.1 Å². The van der Waals surface area contributed by atoms with Gasteiger partial charge in [-0.15, -0.1) is 0 Å². The van der Waals surface area contributed by atoms with Gasteiger partial charge in [-0.2, -0.15) is 0 Å². The average Bonchev–Trinajstić information content (AvgIpc) is 2.46. The maximum atomic E-state index is 8.72. The Morgan fingerprint density at radius 2 is 2.30 bits per heavy atom. The molecule has 1 heterocycles. The van der Waals surface area contributed by atoms with Gasteiger partial charge in [0.2, 0.25) is 0 Å². The Kier molecular flexibility index (Phi) is 4.55. The summed E-state index contributed by atoms with van der Waals surface area (Å²) in [5.74, 6) is 0.109. The minimum absolute atomic E-state index is 0.109. The van der Waals surface area contributed by atoms with E-state index in [-0.39, 0.29) is 11.4 Å². The first-order valence-electron chi connectivity index (χ1n) is 6.56. The van der Waals surface area contributed by atoms with Crippen molar-refractivity contribution in [3.05, 3.63) is 28.2 Å². The van der Waals surface area contributed by atoms with Crippen molar-refractivity contribution in [3.63, 3.8) is 0 Å². The summed E-state index contributed by atoms with van der Waals surface area (Å²) in [6.45, 7) is 3.99. The molecule has 1 saturated heterocycles. The number of amidine groups is 1. The maximum absolute atomic E-state index is 8.72. The van der Waals surface area contributed by atoms with E-state index in [1.165, 1.54) is 0 Å². The second-order valence-electron chi connectivity index (χ2n) is 5.33.